The number of rotatable bonds is 5. The molecular weight excluding hydrogens is 445 g/mol. The Labute approximate surface area is 187 Å². The number of anilines is 1. The fraction of sp³-hybridized carbons (Fsp3) is 0.238. The highest BCUT2D eigenvalue weighted by atomic mass is 35.5. The summed E-state index contributed by atoms with van der Waals surface area (Å²) in [7, 11) is 1.35. The Morgan fingerprint density at radius 2 is 1.68 bits per heavy atom. The summed E-state index contributed by atoms with van der Waals surface area (Å²) in [4.78, 5) is 54.4. The minimum atomic E-state index is -1.99. The van der Waals surface area contributed by atoms with Gasteiger partial charge in [-0.1, -0.05) is 35.3 Å². The second kappa shape index (κ2) is 7.55. The van der Waals surface area contributed by atoms with Gasteiger partial charge in [-0.05, 0) is 42.3 Å². The van der Waals surface area contributed by atoms with Crippen LogP contribution in [-0.2, 0) is 26.3 Å². The Kier molecular flexibility index (Phi) is 5.15. The number of carbonyl (C=O) groups excluding carboxylic acids is 3. The molecule has 1 N–H and O–H groups in total. The number of carbonyl (C=O) groups is 4. The average molecular weight is 462 g/mol. The maximum absolute atomic E-state index is 13.6. The van der Waals surface area contributed by atoms with Crippen LogP contribution in [0.5, 0.6) is 0 Å². The summed E-state index contributed by atoms with van der Waals surface area (Å²) in [6, 6.07) is 10.8. The number of imide groups is 1. The van der Waals surface area contributed by atoms with E-state index in [2.05, 4.69) is 0 Å². The summed E-state index contributed by atoms with van der Waals surface area (Å²) < 4.78 is 0. The number of nitrogens with zero attached hydrogens (tertiary/aromatic N) is 3. The number of likely N-dealkylation sites (N-methyl/N-ethyl adjacent to an activating group) is 1. The van der Waals surface area contributed by atoms with E-state index in [1.54, 1.807) is 18.2 Å². The third kappa shape index (κ3) is 3.14. The summed E-state index contributed by atoms with van der Waals surface area (Å²) in [6.07, 6.45) is 0.345. The lowest BCUT2D eigenvalue weighted by molar-refractivity contribution is -0.143. The number of hydrogen-bond acceptors (Lipinski definition) is 4. The summed E-state index contributed by atoms with van der Waals surface area (Å²) in [5.74, 6) is -2.77. The van der Waals surface area contributed by atoms with Crippen molar-refractivity contribution in [3.05, 3.63) is 63.6 Å². The zero-order valence-electron chi connectivity index (χ0n) is 16.3. The minimum absolute atomic E-state index is 0.0339. The van der Waals surface area contributed by atoms with Gasteiger partial charge >= 0.3 is 12.0 Å². The monoisotopic (exact) mass is 461 g/mol. The molecule has 10 heteroatoms. The fourth-order valence-electron chi connectivity index (χ4n) is 4.16. The van der Waals surface area contributed by atoms with Crippen LogP contribution >= 0.6 is 23.2 Å². The van der Waals surface area contributed by atoms with Crippen LogP contribution in [0.3, 0.4) is 0 Å². The number of hydrogen-bond donors (Lipinski definition) is 1. The summed E-state index contributed by atoms with van der Waals surface area (Å²) in [6.45, 7) is -0.612. The van der Waals surface area contributed by atoms with Crippen molar-refractivity contribution in [2.45, 2.75) is 12.0 Å². The smallest absolute Gasteiger partial charge is 0.328 e. The van der Waals surface area contributed by atoms with Crippen LogP contribution in [0.25, 0.3) is 0 Å². The van der Waals surface area contributed by atoms with Crippen molar-refractivity contribution in [2.75, 3.05) is 25.0 Å². The fourth-order valence-corrected chi connectivity index (χ4v) is 4.54. The predicted molar refractivity (Wildman–Crippen MR) is 113 cm³/mol. The van der Waals surface area contributed by atoms with Crippen molar-refractivity contribution in [3.63, 3.8) is 0 Å². The average Bonchev–Trinajstić information content (AvgIpc) is 3.05. The van der Waals surface area contributed by atoms with Crippen LogP contribution in [0.15, 0.2) is 42.5 Å². The van der Waals surface area contributed by atoms with E-state index in [0.717, 1.165) is 20.3 Å². The van der Waals surface area contributed by atoms with Gasteiger partial charge in [0.15, 0.2) is 0 Å². The molecule has 1 fully saturated rings. The molecule has 2 heterocycles. The molecule has 1 atom stereocenters. The van der Waals surface area contributed by atoms with Crippen LogP contribution in [-0.4, -0.2) is 58.9 Å². The molecule has 0 aromatic heterocycles. The third-order valence-electron chi connectivity index (χ3n) is 5.58. The Morgan fingerprint density at radius 3 is 2.35 bits per heavy atom. The number of carboxylic acids is 1. The Hall–Kier alpha value is -3.10. The second-order valence-electron chi connectivity index (χ2n) is 7.34. The van der Waals surface area contributed by atoms with Crippen molar-refractivity contribution in [2.24, 2.45) is 0 Å². The molecule has 0 radical (unpaired) electrons. The normalized spacial score (nSPS) is 20.2. The highest BCUT2D eigenvalue weighted by molar-refractivity contribution is 6.32. The summed E-state index contributed by atoms with van der Waals surface area (Å²) >= 11 is 12.1. The molecular formula is C21H17Cl2N3O5. The van der Waals surface area contributed by atoms with E-state index in [0.29, 0.717) is 11.4 Å². The molecule has 160 valence electrons. The van der Waals surface area contributed by atoms with Gasteiger partial charge in [0.05, 0.1) is 5.69 Å². The first kappa shape index (κ1) is 21.1. The number of aliphatic carboxylic acids is 1. The molecule has 1 saturated heterocycles. The van der Waals surface area contributed by atoms with E-state index in [-0.39, 0.29) is 22.8 Å². The van der Waals surface area contributed by atoms with Gasteiger partial charge in [0.25, 0.3) is 11.8 Å². The van der Waals surface area contributed by atoms with E-state index in [9.17, 15) is 24.3 Å². The van der Waals surface area contributed by atoms with Gasteiger partial charge in [-0.25, -0.2) is 4.79 Å². The molecule has 8 nitrogen and oxygen atoms in total. The van der Waals surface area contributed by atoms with E-state index >= 15 is 0 Å². The Morgan fingerprint density at radius 1 is 1.00 bits per heavy atom. The molecule has 0 saturated carbocycles. The highest BCUT2D eigenvalue weighted by Crippen LogP contribution is 2.48. The van der Waals surface area contributed by atoms with E-state index in [1.807, 2.05) is 6.07 Å². The van der Waals surface area contributed by atoms with Crippen LogP contribution in [0.2, 0.25) is 10.0 Å². The minimum Gasteiger partial charge on any atom is -0.480 e. The number of urea groups is 1. The highest BCUT2D eigenvalue weighted by Gasteiger charge is 2.67. The lowest BCUT2D eigenvalue weighted by Gasteiger charge is -2.27. The summed E-state index contributed by atoms with van der Waals surface area (Å²) in [5, 5.41) is 10.1. The molecule has 0 aliphatic carbocycles. The van der Waals surface area contributed by atoms with Crippen molar-refractivity contribution in [1.29, 1.82) is 0 Å². The largest absolute Gasteiger partial charge is 0.480 e. The number of amides is 4. The molecule has 4 amide bonds. The van der Waals surface area contributed by atoms with Crippen molar-refractivity contribution >= 4 is 52.7 Å². The first-order chi connectivity index (χ1) is 14.7. The topological polar surface area (TPSA) is 98.2 Å². The lowest BCUT2D eigenvalue weighted by Crippen LogP contribution is -2.53. The zero-order chi connectivity index (χ0) is 22.5. The van der Waals surface area contributed by atoms with Gasteiger partial charge in [0.2, 0.25) is 5.54 Å². The first-order valence-corrected chi connectivity index (χ1v) is 10.1. The maximum Gasteiger partial charge on any atom is 0.328 e. The molecule has 2 aromatic carbocycles. The van der Waals surface area contributed by atoms with Gasteiger partial charge in [-0.2, -0.15) is 0 Å². The van der Waals surface area contributed by atoms with Crippen LogP contribution < -0.4 is 4.90 Å². The number of fused-ring (bicyclic) bond motifs is 2. The van der Waals surface area contributed by atoms with Gasteiger partial charge in [0, 0.05) is 29.2 Å². The SMILES string of the molecule is CN1C(=O)N(CCc2cccc(Cl)c2)C(=O)[C@]12C(=O)N(CC(=O)O)c1ccc(Cl)cc12. The van der Waals surface area contributed by atoms with Crippen molar-refractivity contribution in [1.82, 2.24) is 9.80 Å². The van der Waals surface area contributed by atoms with E-state index < -0.39 is 35.9 Å². The quantitative estimate of drug-likeness (QED) is 0.545. The van der Waals surface area contributed by atoms with Gasteiger partial charge < -0.3 is 10.0 Å². The first-order valence-electron chi connectivity index (χ1n) is 9.36. The number of benzene rings is 2. The van der Waals surface area contributed by atoms with Gasteiger partial charge in [0.1, 0.15) is 6.54 Å². The Bertz CT molecular complexity index is 1140. The van der Waals surface area contributed by atoms with Crippen molar-refractivity contribution < 1.29 is 24.3 Å². The molecule has 1 spiro atoms. The Balaban J connectivity index is 1.74. The molecule has 31 heavy (non-hydrogen) atoms. The van der Waals surface area contributed by atoms with E-state index in [1.165, 1.54) is 25.2 Å². The van der Waals surface area contributed by atoms with Crippen LogP contribution in [0.4, 0.5) is 10.5 Å². The van der Waals surface area contributed by atoms with Crippen molar-refractivity contribution in [3.8, 4) is 0 Å². The number of halogens is 2. The van der Waals surface area contributed by atoms with Gasteiger partial charge in [-0.15, -0.1) is 0 Å². The molecule has 2 aliphatic rings. The summed E-state index contributed by atoms with van der Waals surface area (Å²) in [5.41, 5.74) is -0.731. The molecule has 0 unspecified atom stereocenters. The van der Waals surface area contributed by atoms with Gasteiger partial charge in [-0.3, -0.25) is 24.2 Å². The molecule has 0 bridgehead atoms. The lowest BCUT2D eigenvalue weighted by atomic mass is 9.90. The molecule has 2 aliphatic heterocycles. The predicted octanol–water partition coefficient (Wildman–Crippen LogP) is 2.76. The second-order valence-corrected chi connectivity index (χ2v) is 8.21. The maximum atomic E-state index is 13.6. The number of carboxylic acid groups (broad SMARTS) is 1. The van der Waals surface area contributed by atoms with Crippen LogP contribution in [0, 0.1) is 0 Å². The zero-order valence-corrected chi connectivity index (χ0v) is 17.9. The van der Waals surface area contributed by atoms with Crippen LogP contribution in [0.1, 0.15) is 11.1 Å². The molecule has 4 rings (SSSR count). The molecule has 2 aromatic rings. The third-order valence-corrected chi connectivity index (χ3v) is 6.05. The van der Waals surface area contributed by atoms with E-state index in [4.69, 9.17) is 23.2 Å². The standard InChI is InChI=1S/C21H17Cl2N3O5/c1-24-20(31)25(8-7-12-3-2-4-13(22)9-12)18(29)21(24)15-10-14(23)5-6-16(15)26(19(21)30)11-17(27)28/h2-6,9-10H,7-8,11H2,1H3,(H,27,28)/t21-/m1/s1.